The Kier molecular flexibility index (Phi) is 5.68. The van der Waals surface area contributed by atoms with Crippen LogP contribution in [0.25, 0.3) is 0 Å². The molecule has 136 valence electrons. The van der Waals surface area contributed by atoms with Crippen molar-refractivity contribution in [2.75, 3.05) is 13.2 Å². The maximum atomic E-state index is 12.6. The maximum absolute atomic E-state index is 12.6. The SMILES string of the molecule is CC1C(C(=O)O)CCN1C(=O)COC(c1ccccc1)c1ccccc1. The van der Waals surface area contributed by atoms with E-state index in [0.717, 1.165) is 11.1 Å². The average Bonchev–Trinajstić information content (AvgIpc) is 3.05. The lowest BCUT2D eigenvalue weighted by Gasteiger charge is -2.25. The van der Waals surface area contributed by atoms with Crippen molar-refractivity contribution in [1.82, 2.24) is 4.90 Å². The van der Waals surface area contributed by atoms with Gasteiger partial charge in [0.1, 0.15) is 12.7 Å². The van der Waals surface area contributed by atoms with Crippen molar-refractivity contribution in [2.45, 2.75) is 25.5 Å². The van der Waals surface area contributed by atoms with Crippen molar-refractivity contribution in [3.63, 3.8) is 0 Å². The molecular formula is C21H23NO4. The van der Waals surface area contributed by atoms with Crippen LogP contribution in [-0.4, -0.2) is 41.1 Å². The normalized spacial score (nSPS) is 19.7. The van der Waals surface area contributed by atoms with Crippen LogP contribution < -0.4 is 0 Å². The molecule has 5 nitrogen and oxygen atoms in total. The molecule has 2 aromatic rings. The Morgan fingerprint density at radius 2 is 1.62 bits per heavy atom. The fraction of sp³-hybridized carbons (Fsp3) is 0.333. The standard InChI is InChI=1S/C21H23NO4/c1-15-18(21(24)25)12-13-22(15)19(23)14-26-20(16-8-4-2-5-9-16)17-10-6-3-7-11-17/h2-11,15,18,20H,12-14H2,1H3,(H,24,25). The highest BCUT2D eigenvalue weighted by atomic mass is 16.5. The first-order chi connectivity index (χ1) is 12.6. The van der Waals surface area contributed by atoms with Crippen LogP contribution in [0.3, 0.4) is 0 Å². The van der Waals surface area contributed by atoms with E-state index < -0.39 is 11.9 Å². The Bertz CT molecular complexity index is 708. The lowest BCUT2D eigenvalue weighted by Crippen LogP contribution is -2.39. The number of nitrogens with zero attached hydrogens (tertiary/aromatic N) is 1. The first kappa shape index (κ1) is 18.1. The summed E-state index contributed by atoms with van der Waals surface area (Å²) < 4.78 is 5.99. The van der Waals surface area contributed by atoms with Gasteiger partial charge in [-0.25, -0.2) is 0 Å². The number of hydrogen-bond acceptors (Lipinski definition) is 3. The Labute approximate surface area is 153 Å². The molecule has 1 N–H and O–H groups in total. The second-order valence-electron chi connectivity index (χ2n) is 6.57. The van der Waals surface area contributed by atoms with Crippen molar-refractivity contribution in [3.05, 3.63) is 71.8 Å². The van der Waals surface area contributed by atoms with Gasteiger partial charge in [-0.15, -0.1) is 0 Å². The summed E-state index contributed by atoms with van der Waals surface area (Å²) in [6.45, 7) is 2.17. The van der Waals surface area contributed by atoms with E-state index in [1.54, 1.807) is 11.8 Å². The summed E-state index contributed by atoms with van der Waals surface area (Å²) in [6.07, 6.45) is 0.151. The highest BCUT2D eigenvalue weighted by molar-refractivity contribution is 5.80. The highest BCUT2D eigenvalue weighted by Gasteiger charge is 2.38. The fourth-order valence-electron chi connectivity index (χ4n) is 3.50. The first-order valence-corrected chi connectivity index (χ1v) is 8.81. The van der Waals surface area contributed by atoms with E-state index in [1.807, 2.05) is 60.7 Å². The smallest absolute Gasteiger partial charge is 0.308 e. The van der Waals surface area contributed by atoms with Crippen LogP contribution in [0.4, 0.5) is 0 Å². The molecule has 3 rings (SSSR count). The average molecular weight is 353 g/mol. The molecule has 2 atom stereocenters. The predicted octanol–water partition coefficient (Wildman–Crippen LogP) is 3.11. The van der Waals surface area contributed by atoms with Crippen LogP contribution in [0.15, 0.2) is 60.7 Å². The van der Waals surface area contributed by atoms with Crippen LogP contribution in [0.2, 0.25) is 0 Å². The molecule has 1 aliphatic heterocycles. The molecule has 26 heavy (non-hydrogen) atoms. The van der Waals surface area contributed by atoms with Gasteiger partial charge in [0.15, 0.2) is 0 Å². The first-order valence-electron chi connectivity index (χ1n) is 8.81. The van der Waals surface area contributed by atoms with Gasteiger partial charge in [-0.3, -0.25) is 9.59 Å². The summed E-state index contributed by atoms with van der Waals surface area (Å²) in [4.78, 5) is 25.5. The van der Waals surface area contributed by atoms with Gasteiger partial charge < -0.3 is 14.7 Å². The molecular weight excluding hydrogens is 330 g/mol. The van der Waals surface area contributed by atoms with Gasteiger partial charge in [-0.1, -0.05) is 60.7 Å². The van der Waals surface area contributed by atoms with E-state index in [4.69, 9.17) is 4.74 Å². The fourth-order valence-corrected chi connectivity index (χ4v) is 3.50. The number of carbonyl (C=O) groups excluding carboxylic acids is 1. The van der Waals surface area contributed by atoms with Crippen LogP contribution in [0, 0.1) is 5.92 Å². The maximum Gasteiger partial charge on any atom is 0.308 e. The summed E-state index contributed by atoms with van der Waals surface area (Å²) >= 11 is 0. The molecule has 0 aromatic heterocycles. The van der Waals surface area contributed by atoms with E-state index >= 15 is 0 Å². The topological polar surface area (TPSA) is 66.8 Å². The number of likely N-dealkylation sites (tertiary alicyclic amines) is 1. The van der Waals surface area contributed by atoms with Crippen molar-refractivity contribution >= 4 is 11.9 Å². The molecule has 0 saturated carbocycles. The molecule has 1 fully saturated rings. The number of carboxylic acid groups (broad SMARTS) is 1. The number of rotatable bonds is 6. The van der Waals surface area contributed by atoms with Crippen LogP contribution >= 0.6 is 0 Å². The van der Waals surface area contributed by atoms with Crippen molar-refractivity contribution in [1.29, 1.82) is 0 Å². The minimum absolute atomic E-state index is 0.0782. The Morgan fingerprint density at radius 1 is 1.08 bits per heavy atom. The molecule has 0 bridgehead atoms. The van der Waals surface area contributed by atoms with E-state index in [0.29, 0.717) is 13.0 Å². The quantitative estimate of drug-likeness (QED) is 0.866. The molecule has 1 amide bonds. The van der Waals surface area contributed by atoms with Crippen LogP contribution in [-0.2, 0) is 14.3 Å². The number of ether oxygens (including phenoxy) is 1. The second-order valence-corrected chi connectivity index (χ2v) is 6.57. The molecule has 2 unspecified atom stereocenters. The number of hydrogen-bond donors (Lipinski definition) is 1. The van der Waals surface area contributed by atoms with Crippen molar-refractivity contribution in [2.24, 2.45) is 5.92 Å². The summed E-state index contributed by atoms with van der Waals surface area (Å²) in [5, 5.41) is 9.23. The van der Waals surface area contributed by atoms with Gasteiger partial charge in [0.25, 0.3) is 0 Å². The largest absolute Gasteiger partial charge is 0.481 e. The number of carbonyl (C=O) groups is 2. The predicted molar refractivity (Wildman–Crippen MR) is 97.6 cm³/mol. The van der Waals surface area contributed by atoms with Gasteiger partial charge in [-0.2, -0.15) is 0 Å². The number of benzene rings is 2. The third-order valence-electron chi connectivity index (χ3n) is 4.97. The van der Waals surface area contributed by atoms with E-state index in [1.165, 1.54) is 0 Å². The zero-order valence-electron chi connectivity index (χ0n) is 14.7. The monoisotopic (exact) mass is 353 g/mol. The van der Waals surface area contributed by atoms with Gasteiger partial charge in [0.2, 0.25) is 5.91 Å². The summed E-state index contributed by atoms with van der Waals surface area (Å²) in [7, 11) is 0. The Morgan fingerprint density at radius 3 is 2.08 bits per heavy atom. The van der Waals surface area contributed by atoms with Crippen LogP contribution in [0.1, 0.15) is 30.6 Å². The van der Waals surface area contributed by atoms with E-state index in [9.17, 15) is 14.7 Å². The lowest BCUT2D eigenvalue weighted by molar-refractivity contribution is -0.144. The van der Waals surface area contributed by atoms with Crippen molar-refractivity contribution < 1.29 is 19.4 Å². The third kappa shape index (κ3) is 3.94. The van der Waals surface area contributed by atoms with Gasteiger partial charge >= 0.3 is 5.97 Å². The summed E-state index contributed by atoms with van der Waals surface area (Å²) in [5.74, 6) is -1.52. The zero-order chi connectivity index (χ0) is 18.5. The van der Waals surface area contributed by atoms with E-state index in [2.05, 4.69) is 0 Å². The minimum Gasteiger partial charge on any atom is -0.481 e. The molecule has 1 aliphatic rings. The van der Waals surface area contributed by atoms with Gasteiger partial charge in [-0.05, 0) is 24.5 Å². The molecule has 5 heteroatoms. The van der Waals surface area contributed by atoms with Gasteiger partial charge in [0.05, 0.1) is 5.92 Å². The molecule has 1 heterocycles. The molecule has 0 radical (unpaired) electrons. The number of aliphatic carboxylic acids is 1. The number of amides is 1. The van der Waals surface area contributed by atoms with Crippen LogP contribution in [0.5, 0.6) is 0 Å². The molecule has 0 spiro atoms. The van der Waals surface area contributed by atoms with Crippen molar-refractivity contribution in [3.8, 4) is 0 Å². The summed E-state index contributed by atoms with van der Waals surface area (Å²) in [5.41, 5.74) is 1.95. The lowest BCUT2D eigenvalue weighted by atomic mass is 10.0. The molecule has 0 aliphatic carbocycles. The Balaban J connectivity index is 1.71. The highest BCUT2D eigenvalue weighted by Crippen LogP contribution is 2.27. The van der Waals surface area contributed by atoms with Gasteiger partial charge in [0, 0.05) is 12.6 Å². The molecule has 1 saturated heterocycles. The molecule has 2 aromatic carbocycles. The zero-order valence-corrected chi connectivity index (χ0v) is 14.7. The van der Waals surface area contributed by atoms with E-state index in [-0.39, 0.29) is 24.7 Å². The number of carboxylic acids is 1. The minimum atomic E-state index is -0.847. The summed E-state index contributed by atoms with van der Waals surface area (Å²) in [6, 6.07) is 19.2. The Hall–Kier alpha value is -2.66. The third-order valence-corrected chi connectivity index (χ3v) is 4.97. The second kappa shape index (κ2) is 8.15.